The minimum Gasteiger partial charge on any atom is -0.496 e. The second-order valence-corrected chi connectivity index (χ2v) is 9.12. The quantitative estimate of drug-likeness (QED) is 0.468. The Labute approximate surface area is 212 Å². The first kappa shape index (κ1) is 26.7. The van der Waals surface area contributed by atoms with Gasteiger partial charge in [0.15, 0.2) is 6.61 Å². The Morgan fingerprint density at radius 3 is 2.26 bits per heavy atom. The first-order chi connectivity index (χ1) is 16.9. The van der Waals surface area contributed by atoms with Crippen LogP contribution in [-0.4, -0.2) is 49.6 Å². The molecule has 0 aliphatic heterocycles. The van der Waals surface area contributed by atoms with Crippen LogP contribution in [0.2, 0.25) is 5.02 Å². The molecular formula is C27H35ClN2O5. The number of halogens is 1. The molecule has 1 fully saturated rings. The zero-order valence-electron chi connectivity index (χ0n) is 20.7. The molecule has 7 nitrogen and oxygen atoms in total. The third-order valence-electron chi connectivity index (χ3n) is 6.32. The minimum atomic E-state index is -0.635. The molecule has 0 radical (unpaired) electrons. The molecule has 1 aliphatic rings. The van der Waals surface area contributed by atoms with Crippen LogP contribution in [0.5, 0.6) is 17.2 Å². The zero-order valence-corrected chi connectivity index (χ0v) is 21.5. The fourth-order valence-electron chi connectivity index (χ4n) is 4.37. The van der Waals surface area contributed by atoms with Gasteiger partial charge < -0.3 is 24.4 Å². The zero-order chi connectivity index (χ0) is 25.2. The normalized spacial score (nSPS) is 14.6. The molecular weight excluding hydrogens is 468 g/mol. The van der Waals surface area contributed by atoms with Gasteiger partial charge in [-0.25, -0.2) is 0 Å². The summed E-state index contributed by atoms with van der Waals surface area (Å²) in [5.41, 5.74) is 0.773. The number of methoxy groups -OCH3 is 2. The highest BCUT2D eigenvalue weighted by Gasteiger charge is 2.31. The van der Waals surface area contributed by atoms with Crippen LogP contribution in [0.1, 0.15) is 51.0 Å². The van der Waals surface area contributed by atoms with Crippen molar-refractivity contribution in [1.29, 1.82) is 0 Å². The highest BCUT2D eigenvalue weighted by Crippen LogP contribution is 2.28. The number of nitrogens with zero attached hydrogens (tertiary/aromatic N) is 1. The number of nitrogens with one attached hydrogen (secondary N) is 1. The lowest BCUT2D eigenvalue weighted by molar-refractivity contribution is -0.143. The van der Waals surface area contributed by atoms with Gasteiger partial charge in [0.1, 0.15) is 23.3 Å². The highest BCUT2D eigenvalue weighted by molar-refractivity contribution is 6.31. The third-order valence-corrected chi connectivity index (χ3v) is 6.69. The number of carbonyl (C=O) groups excluding carboxylic acids is 2. The molecule has 1 saturated carbocycles. The van der Waals surface area contributed by atoms with E-state index in [1.54, 1.807) is 43.4 Å². The first-order valence-corrected chi connectivity index (χ1v) is 12.5. The van der Waals surface area contributed by atoms with E-state index in [2.05, 4.69) is 5.32 Å². The molecule has 2 aromatic rings. The average Bonchev–Trinajstić information content (AvgIpc) is 2.88. The largest absolute Gasteiger partial charge is 0.496 e. The third kappa shape index (κ3) is 7.52. The predicted octanol–water partition coefficient (Wildman–Crippen LogP) is 4.99. The van der Waals surface area contributed by atoms with E-state index >= 15 is 0 Å². The maximum atomic E-state index is 13.5. The van der Waals surface area contributed by atoms with Gasteiger partial charge in [0, 0.05) is 35.8 Å². The molecule has 2 amide bonds. The summed E-state index contributed by atoms with van der Waals surface area (Å²) in [6.45, 7) is 1.87. The van der Waals surface area contributed by atoms with Crippen LogP contribution < -0.4 is 19.5 Å². The molecule has 3 rings (SSSR count). The van der Waals surface area contributed by atoms with Gasteiger partial charge in [0.2, 0.25) is 5.91 Å². The van der Waals surface area contributed by atoms with Crippen molar-refractivity contribution in [1.82, 2.24) is 10.2 Å². The van der Waals surface area contributed by atoms with Crippen molar-refractivity contribution in [2.45, 2.75) is 64.1 Å². The van der Waals surface area contributed by atoms with E-state index in [0.717, 1.165) is 31.2 Å². The van der Waals surface area contributed by atoms with E-state index in [-0.39, 0.29) is 31.0 Å². The molecule has 0 unspecified atom stereocenters. The molecule has 0 saturated heterocycles. The van der Waals surface area contributed by atoms with Gasteiger partial charge in [0.25, 0.3) is 5.91 Å². The molecule has 1 aliphatic carbocycles. The lowest BCUT2D eigenvalue weighted by Gasteiger charge is -2.33. The minimum absolute atomic E-state index is 0.136. The number of rotatable bonds is 11. The molecule has 0 heterocycles. The summed E-state index contributed by atoms with van der Waals surface area (Å²) in [4.78, 5) is 28.3. The average molecular weight is 503 g/mol. The Hall–Kier alpha value is -2.93. The number of hydrogen-bond donors (Lipinski definition) is 1. The fourth-order valence-corrected chi connectivity index (χ4v) is 4.56. The summed E-state index contributed by atoms with van der Waals surface area (Å²) in [6, 6.07) is 12.0. The molecule has 190 valence electrons. The molecule has 35 heavy (non-hydrogen) atoms. The van der Waals surface area contributed by atoms with Gasteiger partial charge >= 0.3 is 0 Å². The second-order valence-electron chi connectivity index (χ2n) is 8.72. The van der Waals surface area contributed by atoms with Crippen LogP contribution in [0, 0.1) is 0 Å². The van der Waals surface area contributed by atoms with Gasteiger partial charge in [0.05, 0.1) is 14.2 Å². The monoisotopic (exact) mass is 502 g/mol. The molecule has 1 atom stereocenters. The van der Waals surface area contributed by atoms with E-state index in [1.807, 2.05) is 25.1 Å². The lowest BCUT2D eigenvalue weighted by Crippen LogP contribution is -2.52. The van der Waals surface area contributed by atoms with Crippen LogP contribution >= 0.6 is 11.6 Å². The standard InChI is InChI=1S/C27H35ClN2O5/c1-4-25(27(32)29-20-11-6-5-7-12-20)30(17-19-10-8-9-13-24(19)28)26(31)18-35-23-15-21(33-2)14-22(16-23)34-3/h8-10,13-16,20,25H,4-7,11-12,17-18H2,1-3H3,(H,29,32)/t25-/m0/s1. The summed E-state index contributed by atoms with van der Waals surface area (Å²) < 4.78 is 16.4. The molecule has 2 aromatic carbocycles. The Balaban J connectivity index is 1.79. The maximum Gasteiger partial charge on any atom is 0.261 e. The number of benzene rings is 2. The number of hydrogen-bond acceptors (Lipinski definition) is 5. The molecule has 0 aromatic heterocycles. The van der Waals surface area contributed by atoms with Crippen molar-refractivity contribution in [2.75, 3.05) is 20.8 Å². The second kappa shape index (κ2) is 13.2. The highest BCUT2D eigenvalue weighted by atomic mass is 35.5. The van der Waals surface area contributed by atoms with Crippen molar-refractivity contribution < 1.29 is 23.8 Å². The van der Waals surface area contributed by atoms with Gasteiger partial charge in [-0.05, 0) is 30.9 Å². The van der Waals surface area contributed by atoms with E-state index in [0.29, 0.717) is 28.7 Å². The SMILES string of the molecule is CC[C@@H](C(=O)NC1CCCCC1)N(Cc1ccccc1Cl)C(=O)COc1cc(OC)cc(OC)c1. The topological polar surface area (TPSA) is 77.1 Å². The molecule has 0 bridgehead atoms. The lowest BCUT2D eigenvalue weighted by atomic mass is 9.95. The van der Waals surface area contributed by atoms with E-state index in [1.165, 1.54) is 6.42 Å². The summed E-state index contributed by atoms with van der Waals surface area (Å²) >= 11 is 6.40. The number of amides is 2. The number of ether oxygens (including phenoxy) is 3. The van der Waals surface area contributed by atoms with Gasteiger partial charge in [-0.2, -0.15) is 0 Å². The van der Waals surface area contributed by atoms with Crippen LogP contribution in [0.4, 0.5) is 0 Å². The van der Waals surface area contributed by atoms with Crippen molar-refractivity contribution in [2.24, 2.45) is 0 Å². The Kier molecular flexibility index (Phi) is 10.1. The van der Waals surface area contributed by atoms with Crippen molar-refractivity contribution in [3.05, 3.63) is 53.1 Å². The van der Waals surface area contributed by atoms with Crippen molar-refractivity contribution >= 4 is 23.4 Å². The Morgan fingerprint density at radius 2 is 1.66 bits per heavy atom. The van der Waals surface area contributed by atoms with Crippen molar-refractivity contribution in [3.63, 3.8) is 0 Å². The van der Waals surface area contributed by atoms with Gasteiger partial charge in [-0.3, -0.25) is 9.59 Å². The summed E-state index contributed by atoms with van der Waals surface area (Å²) in [5.74, 6) is 1.10. The number of carbonyl (C=O) groups is 2. The van der Waals surface area contributed by atoms with Crippen LogP contribution in [0.25, 0.3) is 0 Å². The fraction of sp³-hybridized carbons (Fsp3) is 0.481. The molecule has 8 heteroatoms. The summed E-state index contributed by atoms with van der Waals surface area (Å²) in [5, 5.41) is 3.72. The van der Waals surface area contributed by atoms with Gasteiger partial charge in [-0.15, -0.1) is 0 Å². The van der Waals surface area contributed by atoms with E-state index < -0.39 is 6.04 Å². The maximum absolute atomic E-state index is 13.5. The molecule has 1 N–H and O–H groups in total. The van der Waals surface area contributed by atoms with Gasteiger partial charge in [-0.1, -0.05) is 56.0 Å². The molecule has 0 spiro atoms. The van der Waals surface area contributed by atoms with Crippen LogP contribution in [0.3, 0.4) is 0 Å². The van der Waals surface area contributed by atoms with E-state index in [9.17, 15) is 9.59 Å². The van der Waals surface area contributed by atoms with E-state index in [4.69, 9.17) is 25.8 Å². The summed E-state index contributed by atoms with van der Waals surface area (Å²) in [6.07, 6.45) is 5.85. The first-order valence-electron chi connectivity index (χ1n) is 12.1. The smallest absolute Gasteiger partial charge is 0.261 e. The van der Waals surface area contributed by atoms with Crippen molar-refractivity contribution in [3.8, 4) is 17.2 Å². The Bertz CT molecular complexity index is 971. The summed E-state index contributed by atoms with van der Waals surface area (Å²) in [7, 11) is 3.09. The predicted molar refractivity (Wildman–Crippen MR) is 136 cm³/mol. The van der Waals surface area contributed by atoms with Crippen LogP contribution in [0.15, 0.2) is 42.5 Å². The Morgan fingerprint density at radius 1 is 1.03 bits per heavy atom. The van der Waals surface area contributed by atoms with Crippen LogP contribution in [-0.2, 0) is 16.1 Å².